The van der Waals surface area contributed by atoms with Crippen LogP contribution in [-0.4, -0.2) is 25.7 Å². The summed E-state index contributed by atoms with van der Waals surface area (Å²) in [6, 6.07) is 11.1. The smallest absolute Gasteiger partial charge is 0.242 e. The Kier molecular flexibility index (Phi) is 5.72. The van der Waals surface area contributed by atoms with Crippen LogP contribution in [0.4, 0.5) is 4.39 Å². The normalized spacial score (nSPS) is 12.2. The summed E-state index contributed by atoms with van der Waals surface area (Å²) in [5, 5.41) is 3.89. The number of hydrogen-bond acceptors (Lipinski definition) is 6. The van der Waals surface area contributed by atoms with E-state index >= 15 is 0 Å². The van der Waals surface area contributed by atoms with Crippen LogP contribution < -0.4 is 9.46 Å². The SMILES string of the molecule is COc1ccc(S(=O)(=O)NCc2nc(-c3ccc(C(C)(C)C)cc3)no2)cc1F. The number of methoxy groups -OCH3 is 1. The molecule has 0 atom stereocenters. The zero-order valence-corrected chi connectivity index (χ0v) is 17.4. The van der Waals surface area contributed by atoms with Gasteiger partial charge in [-0.05, 0) is 29.2 Å². The summed E-state index contributed by atoms with van der Waals surface area (Å²) in [6.07, 6.45) is 0. The van der Waals surface area contributed by atoms with Gasteiger partial charge in [0.15, 0.2) is 11.6 Å². The van der Waals surface area contributed by atoms with Crippen molar-refractivity contribution in [3.63, 3.8) is 0 Å². The predicted octanol–water partition coefficient (Wildman–Crippen LogP) is 3.66. The minimum atomic E-state index is -3.96. The number of aromatic nitrogens is 2. The average Bonchev–Trinajstić information content (AvgIpc) is 3.15. The topological polar surface area (TPSA) is 94.3 Å². The van der Waals surface area contributed by atoms with Gasteiger partial charge in [0.25, 0.3) is 0 Å². The second-order valence-electron chi connectivity index (χ2n) is 7.46. The molecular weight excluding hydrogens is 397 g/mol. The van der Waals surface area contributed by atoms with Crippen molar-refractivity contribution in [2.24, 2.45) is 0 Å². The molecule has 1 N–H and O–H groups in total. The Labute approximate surface area is 169 Å². The van der Waals surface area contributed by atoms with Crippen LogP contribution in [0.1, 0.15) is 32.2 Å². The molecule has 0 saturated carbocycles. The molecule has 0 radical (unpaired) electrons. The lowest BCUT2D eigenvalue weighted by atomic mass is 9.87. The largest absolute Gasteiger partial charge is 0.494 e. The lowest BCUT2D eigenvalue weighted by Crippen LogP contribution is -2.23. The highest BCUT2D eigenvalue weighted by molar-refractivity contribution is 7.89. The summed E-state index contributed by atoms with van der Waals surface area (Å²) in [6.45, 7) is 6.14. The molecule has 0 saturated heterocycles. The Morgan fingerprint density at radius 3 is 2.41 bits per heavy atom. The van der Waals surface area contributed by atoms with E-state index in [0.29, 0.717) is 5.82 Å². The van der Waals surface area contributed by atoms with E-state index in [-0.39, 0.29) is 28.5 Å². The van der Waals surface area contributed by atoms with Gasteiger partial charge in [-0.15, -0.1) is 0 Å². The van der Waals surface area contributed by atoms with Crippen LogP contribution in [0.5, 0.6) is 5.75 Å². The molecule has 1 aromatic heterocycles. The molecule has 0 aliphatic carbocycles. The predicted molar refractivity (Wildman–Crippen MR) is 105 cm³/mol. The van der Waals surface area contributed by atoms with Gasteiger partial charge in [0.2, 0.25) is 21.7 Å². The van der Waals surface area contributed by atoms with E-state index in [1.807, 2.05) is 24.3 Å². The molecule has 0 aliphatic rings. The van der Waals surface area contributed by atoms with Gasteiger partial charge in [0, 0.05) is 5.56 Å². The number of ether oxygens (including phenoxy) is 1. The minimum absolute atomic E-state index is 0.0279. The van der Waals surface area contributed by atoms with Crippen LogP contribution >= 0.6 is 0 Å². The van der Waals surface area contributed by atoms with Crippen LogP contribution in [0.25, 0.3) is 11.4 Å². The third-order valence-corrected chi connectivity index (χ3v) is 5.72. The summed E-state index contributed by atoms with van der Waals surface area (Å²) < 4.78 is 50.7. The van der Waals surface area contributed by atoms with Crippen molar-refractivity contribution in [3.8, 4) is 17.1 Å². The maximum absolute atomic E-state index is 13.8. The molecule has 0 spiro atoms. The number of rotatable bonds is 6. The van der Waals surface area contributed by atoms with E-state index in [4.69, 9.17) is 9.26 Å². The van der Waals surface area contributed by atoms with Crippen LogP contribution in [0, 0.1) is 5.82 Å². The molecule has 0 fully saturated rings. The van der Waals surface area contributed by atoms with Gasteiger partial charge < -0.3 is 9.26 Å². The summed E-state index contributed by atoms with van der Waals surface area (Å²) in [7, 11) is -2.66. The second kappa shape index (κ2) is 7.92. The molecular formula is C20H22FN3O4S. The number of benzene rings is 2. The molecule has 3 rings (SSSR count). The number of sulfonamides is 1. The van der Waals surface area contributed by atoms with E-state index < -0.39 is 15.8 Å². The maximum Gasteiger partial charge on any atom is 0.242 e. The van der Waals surface area contributed by atoms with Crippen molar-refractivity contribution in [2.75, 3.05) is 7.11 Å². The maximum atomic E-state index is 13.8. The van der Waals surface area contributed by atoms with Crippen molar-refractivity contribution in [3.05, 3.63) is 59.7 Å². The molecule has 0 unspecified atom stereocenters. The summed E-state index contributed by atoms with van der Waals surface area (Å²) in [5.74, 6) is -0.357. The van der Waals surface area contributed by atoms with Gasteiger partial charge in [0.05, 0.1) is 18.6 Å². The van der Waals surface area contributed by atoms with Crippen LogP contribution in [0.2, 0.25) is 0 Å². The van der Waals surface area contributed by atoms with Crippen LogP contribution in [0.15, 0.2) is 51.9 Å². The van der Waals surface area contributed by atoms with Crippen molar-refractivity contribution in [2.45, 2.75) is 37.6 Å². The first-order valence-electron chi connectivity index (χ1n) is 8.87. The Morgan fingerprint density at radius 1 is 1.14 bits per heavy atom. The zero-order chi connectivity index (χ0) is 21.2. The first-order chi connectivity index (χ1) is 13.6. The Bertz CT molecular complexity index is 1100. The van der Waals surface area contributed by atoms with Gasteiger partial charge in [-0.25, -0.2) is 17.5 Å². The van der Waals surface area contributed by atoms with E-state index in [2.05, 4.69) is 35.6 Å². The molecule has 0 bridgehead atoms. The lowest BCUT2D eigenvalue weighted by Gasteiger charge is -2.18. The quantitative estimate of drug-likeness (QED) is 0.655. The minimum Gasteiger partial charge on any atom is -0.494 e. The van der Waals surface area contributed by atoms with Crippen molar-refractivity contribution < 1.29 is 22.1 Å². The van der Waals surface area contributed by atoms with E-state index in [1.54, 1.807) is 0 Å². The fraction of sp³-hybridized carbons (Fsp3) is 0.300. The number of nitrogens with one attached hydrogen (secondary N) is 1. The highest BCUT2D eigenvalue weighted by atomic mass is 32.2. The summed E-state index contributed by atoms with van der Waals surface area (Å²) in [4.78, 5) is 3.99. The van der Waals surface area contributed by atoms with E-state index in [1.165, 1.54) is 24.8 Å². The summed E-state index contributed by atoms with van der Waals surface area (Å²) >= 11 is 0. The monoisotopic (exact) mass is 419 g/mol. The van der Waals surface area contributed by atoms with Crippen LogP contribution in [-0.2, 0) is 22.0 Å². The first kappa shape index (κ1) is 20.9. The molecule has 7 nitrogen and oxygen atoms in total. The van der Waals surface area contributed by atoms with Crippen molar-refractivity contribution in [1.29, 1.82) is 0 Å². The number of hydrogen-bond donors (Lipinski definition) is 1. The standard InChI is InChI=1S/C20H22FN3O4S/c1-20(2,3)14-7-5-13(6-8-14)19-23-18(28-24-19)12-22-29(25,26)15-9-10-17(27-4)16(21)11-15/h5-11,22H,12H2,1-4H3. The fourth-order valence-electron chi connectivity index (χ4n) is 2.62. The van der Waals surface area contributed by atoms with Crippen molar-refractivity contribution >= 4 is 10.0 Å². The summed E-state index contributed by atoms with van der Waals surface area (Å²) in [5.41, 5.74) is 1.96. The average molecular weight is 419 g/mol. The first-order valence-corrected chi connectivity index (χ1v) is 10.4. The molecule has 0 aliphatic heterocycles. The van der Waals surface area contributed by atoms with Crippen LogP contribution in [0.3, 0.4) is 0 Å². The fourth-order valence-corrected chi connectivity index (χ4v) is 3.60. The van der Waals surface area contributed by atoms with E-state index in [0.717, 1.165) is 11.6 Å². The van der Waals surface area contributed by atoms with Gasteiger partial charge in [0.1, 0.15) is 0 Å². The highest BCUT2D eigenvalue weighted by Crippen LogP contribution is 2.25. The molecule has 2 aromatic carbocycles. The van der Waals surface area contributed by atoms with Gasteiger partial charge in [-0.1, -0.05) is 50.2 Å². The molecule has 29 heavy (non-hydrogen) atoms. The van der Waals surface area contributed by atoms with Gasteiger partial charge in [-0.3, -0.25) is 0 Å². The molecule has 3 aromatic rings. The number of halogens is 1. The third kappa shape index (κ3) is 4.80. The van der Waals surface area contributed by atoms with Gasteiger partial charge in [-0.2, -0.15) is 4.98 Å². The van der Waals surface area contributed by atoms with Crippen molar-refractivity contribution in [1.82, 2.24) is 14.9 Å². The second-order valence-corrected chi connectivity index (χ2v) is 9.23. The lowest BCUT2D eigenvalue weighted by molar-refractivity contribution is 0.375. The highest BCUT2D eigenvalue weighted by Gasteiger charge is 2.19. The van der Waals surface area contributed by atoms with E-state index in [9.17, 15) is 12.8 Å². The molecule has 1 heterocycles. The molecule has 0 amide bonds. The third-order valence-electron chi connectivity index (χ3n) is 4.32. The Morgan fingerprint density at radius 2 is 1.83 bits per heavy atom. The Balaban J connectivity index is 1.71. The molecule has 154 valence electrons. The molecule has 9 heteroatoms. The number of nitrogens with zero attached hydrogens (tertiary/aromatic N) is 2. The zero-order valence-electron chi connectivity index (χ0n) is 16.6. The Hall–Kier alpha value is -2.78. The van der Waals surface area contributed by atoms with Gasteiger partial charge >= 0.3 is 0 Å².